The quantitative estimate of drug-likeness (QED) is 0.774. The van der Waals surface area contributed by atoms with Crippen molar-refractivity contribution < 1.29 is 13.9 Å². The van der Waals surface area contributed by atoms with E-state index in [0.717, 1.165) is 16.9 Å². The highest BCUT2D eigenvalue weighted by molar-refractivity contribution is 6.22. The molecule has 0 saturated heterocycles. The fourth-order valence-corrected chi connectivity index (χ4v) is 2.51. The highest BCUT2D eigenvalue weighted by Crippen LogP contribution is 2.38. The van der Waals surface area contributed by atoms with Gasteiger partial charge in [-0.2, -0.15) is 0 Å². The van der Waals surface area contributed by atoms with Gasteiger partial charge in [0.2, 0.25) is 0 Å². The summed E-state index contributed by atoms with van der Waals surface area (Å²) in [6.07, 6.45) is 0. The van der Waals surface area contributed by atoms with E-state index in [4.69, 9.17) is 21.1 Å². The van der Waals surface area contributed by atoms with E-state index in [1.165, 1.54) is 13.2 Å². The molecular formula is C16H16ClFO2. The summed E-state index contributed by atoms with van der Waals surface area (Å²) in [6, 6.07) is 10.2. The first-order valence-electron chi connectivity index (χ1n) is 6.19. The Morgan fingerprint density at radius 2 is 1.75 bits per heavy atom. The molecule has 2 aromatic carbocycles. The zero-order valence-corrected chi connectivity index (χ0v) is 12.4. The Kier molecular flexibility index (Phi) is 4.50. The average molecular weight is 295 g/mol. The standard InChI is InChI=1S/C16H16ClFO2/c1-10-9-11(7-8-13(10)19-2)16(17)15-12(18)5-4-6-14(15)20-3/h4-9,16H,1-3H3. The second-order valence-corrected chi connectivity index (χ2v) is 4.88. The van der Waals surface area contributed by atoms with Crippen molar-refractivity contribution in [3.8, 4) is 11.5 Å². The van der Waals surface area contributed by atoms with Crippen LogP contribution in [0.15, 0.2) is 36.4 Å². The van der Waals surface area contributed by atoms with Crippen LogP contribution in [-0.4, -0.2) is 14.2 Å². The summed E-state index contributed by atoms with van der Waals surface area (Å²) in [5, 5.41) is -0.615. The molecule has 20 heavy (non-hydrogen) atoms. The molecule has 0 aliphatic rings. The molecule has 2 rings (SSSR count). The summed E-state index contributed by atoms with van der Waals surface area (Å²) in [7, 11) is 3.11. The Hall–Kier alpha value is -1.74. The number of hydrogen-bond donors (Lipinski definition) is 0. The SMILES string of the molecule is COc1ccc(C(Cl)c2c(F)cccc2OC)cc1C. The van der Waals surface area contributed by atoms with E-state index in [2.05, 4.69) is 0 Å². The third-order valence-electron chi connectivity index (χ3n) is 3.20. The van der Waals surface area contributed by atoms with Crippen LogP contribution in [0.2, 0.25) is 0 Å². The van der Waals surface area contributed by atoms with Gasteiger partial charge in [0.05, 0.1) is 25.2 Å². The maximum Gasteiger partial charge on any atom is 0.131 e. The number of benzene rings is 2. The van der Waals surface area contributed by atoms with Crippen molar-refractivity contribution >= 4 is 11.6 Å². The molecule has 0 aliphatic heterocycles. The third kappa shape index (κ3) is 2.73. The molecule has 0 aromatic heterocycles. The predicted molar refractivity (Wildman–Crippen MR) is 78.4 cm³/mol. The van der Waals surface area contributed by atoms with Gasteiger partial charge in [-0.15, -0.1) is 11.6 Å². The Balaban J connectivity index is 2.46. The highest BCUT2D eigenvalue weighted by atomic mass is 35.5. The van der Waals surface area contributed by atoms with E-state index in [-0.39, 0.29) is 5.82 Å². The van der Waals surface area contributed by atoms with Crippen molar-refractivity contribution in [2.75, 3.05) is 14.2 Å². The van der Waals surface area contributed by atoms with Crippen LogP contribution in [0.3, 0.4) is 0 Å². The number of methoxy groups -OCH3 is 2. The number of alkyl halides is 1. The molecule has 0 N–H and O–H groups in total. The number of hydrogen-bond acceptors (Lipinski definition) is 2. The maximum absolute atomic E-state index is 14.0. The topological polar surface area (TPSA) is 18.5 Å². The summed E-state index contributed by atoms with van der Waals surface area (Å²) >= 11 is 6.43. The van der Waals surface area contributed by atoms with Crippen LogP contribution in [-0.2, 0) is 0 Å². The van der Waals surface area contributed by atoms with E-state index in [9.17, 15) is 4.39 Å². The molecule has 0 aliphatic carbocycles. The monoisotopic (exact) mass is 294 g/mol. The molecule has 2 aromatic rings. The summed E-state index contributed by atoms with van der Waals surface area (Å²) in [6.45, 7) is 1.92. The van der Waals surface area contributed by atoms with E-state index in [1.54, 1.807) is 19.2 Å². The molecule has 106 valence electrons. The van der Waals surface area contributed by atoms with Gasteiger partial charge in [-0.1, -0.05) is 18.2 Å². The van der Waals surface area contributed by atoms with Gasteiger partial charge in [0.15, 0.2) is 0 Å². The van der Waals surface area contributed by atoms with Crippen LogP contribution in [0.5, 0.6) is 11.5 Å². The van der Waals surface area contributed by atoms with Gasteiger partial charge in [-0.05, 0) is 36.2 Å². The van der Waals surface area contributed by atoms with Gasteiger partial charge in [0.25, 0.3) is 0 Å². The van der Waals surface area contributed by atoms with Crippen LogP contribution < -0.4 is 9.47 Å². The zero-order valence-electron chi connectivity index (χ0n) is 11.6. The second kappa shape index (κ2) is 6.14. The minimum absolute atomic E-state index is 0.348. The van der Waals surface area contributed by atoms with Crippen LogP contribution in [0.1, 0.15) is 22.1 Å². The fourth-order valence-electron chi connectivity index (χ4n) is 2.17. The Labute approximate surface area is 123 Å². The lowest BCUT2D eigenvalue weighted by Gasteiger charge is -2.16. The molecule has 1 unspecified atom stereocenters. The molecule has 4 heteroatoms. The van der Waals surface area contributed by atoms with Crippen molar-refractivity contribution in [3.63, 3.8) is 0 Å². The first kappa shape index (κ1) is 14.7. The van der Waals surface area contributed by atoms with E-state index >= 15 is 0 Å². The number of halogens is 2. The fraction of sp³-hybridized carbons (Fsp3) is 0.250. The molecule has 0 saturated carbocycles. The molecule has 0 bridgehead atoms. The summed E-state index contributed by atoms with van der Waals surface area (Å²) < 4.78 is 24.4. The normalized spacial score (nSPS) is 12.1. The van der Waals surface area contributed by atoms with Crippen LogP contribution in [0.4, 0.5) is 4.39 Å². The molecule has 0 spiro atoms. The lowest BCUT2D eigenvalue weighted by atomic mass is 10.0. The Morgan fingerprint density at radius 3 is 2.35 bits per heavy atom. The van der Waals surface area contributed by atoms with Crippen molar-refractivity contribution in [1.29, 1.82) is 0 Å². The van der Waals surface area contributed by atoms with E-state index in [1.807, 2.05) is 25.1 Å². The van der Waals surface area contributed by atoms with E-state index < -0.39 is 5.38 Å². The number of ether oxygens (including phenoxy) is 2. The highest BCUT2D eigenvalue weighted by Gasteiger charge is 2.20. The minimum atomic E-state index is -0.615. The van der Waals surface area contributed by atoms with Gasteiger partial charge in [-0.25, -0.2) is 4.39 Å². The Bertz CT molecular complexity index is 613. The Morgan fingerprint density at radius 1 is 1.05 bits per heavy atom. The smallest absolute Gasteiger partial charge is 0.131 e. The van der Waals surface area contributed by atoms with Gasteiger partial charge in [0, 0.05) is 0 Å². The number of aryl methyl sites for hydroxylation is 1. The summed E-state index contributed by atoms with van der Waals surface area (Å²) in [5.41, 5.74) is 2.10. The first-order valence-corrected chi connectivity index (χ1v) is 6.63. The number of rotatable bonds is 4. The molecule has 0 fully saturated rings. The first-order chi connectivity index (χ1) is 9.58. The van der Waals surface area contributed by atoms with Crippen molar-refractivity contribution in [1.82, 2.24) is 0 Å². The third-order valence-corrected chi connectivity index (χ3v) is 3.67. The minimum Gasteiger partial charge on any atom is -0.496 e. The molecule has 0 heterocycles. The van der Waals surface area contributed by atoms with Crippen molar-refractivity contribution in [2.45, 2.75) is 12.3 Å². The van der Waals surface area contributed by atoms with Gasteiger partial charge >= 0.3 is 0 Å². The lowest BCUT2D eigenvalue weighted by molar-refractivity contribution is 0.405. The lowest BCUT2D eigenvalue weighted by Crippen LogP contribution is -2.01. The molecular weight excluding hydrogens is 279 g/mol. The largest absolute Gasteiger partial charge is 0.496 e. The van der Waals surface area contributed by atoms with E-state index in [0.29, 0.717) is 11.3 Å². The molecule has 0 amide bonds. The second-order valence-electron chi connectivity index (χ2n) is 4.45. The van der Waals surface area contributed by atoms with Crippen LogP contribution >= 0.6 is 11.6 Å². The van der Waals surface area contributed by atoms with Crippen LogP contribution in [0, 0.1) is 12.7 Å². The molecule has 2 nitrogen and oxygen atoms in total. The molecule has 1 atom stereocenters. The summed E-state index contributed by atoms with van der Waals surface area (Å²) in [4.78, 5) is 0. The van der Waals surface area contributed by atoms with Gasteiger partial charge in [-0.3, -0.25) is 0 Å². The molecule has 0 radical (unpaired) electrons. The van der Waals surface area contributed by atoms with Crippen LogP contribution in [0.25, 0.3) is 0 Å². The maximum atomic E-state index is 14.0. The van der Waals surface area contributed by atoms with Crippen molar-refractivity contribution in [3.05, 3.63) is 58.9 Å². The summed E-state index contributed by atoms with van der Waals surface area (Å²) in [5.74, 6) is 0.842. The van der Waals surface area contributed by atoms with Gasteiger partial charge < -0.3 is 9.47 Å². The average Bonchev–Trinajstić information content (AvgIpc) is 2.46. The zero-order chi connectivity index (χ0) is 14.7. The van der Waals surface area contributed by atoms with Gasteiger partial charge in [0.1, 0.15) is 17.3 Å². The van der Waals surface area contributed by atoms with Crippen molar-refractivity contribution in [2.24, 2.45) is 0 Å². The predicted octanol–water partition coefficient (Wildman–Crippen LogP) is 4.48.